The number of esters is 1. The normalized spacial score (nSPS) is 23.6. The van der Waals surface area contributed by atoms with Gasteiger partial charge in [0.05, 0.1) is 12.0 Å². The van der Waals surface area contributed by atoms with Crippen molar-refractivity contribution in [2.45, 2.75) is 18.9 Å². The number of ether oxygens (including phenoxy) is 2. The first-order valence-electron chi connectivity index (χ1n) is 6.50. The average Bonchev–Trinajstić information content (AvgIpc) is 3.16. The van der Waals surface area contributed by atoms with Crippen molar-refractivity contribution in [3.8, 4) is 11.5 Å². The molecule has 98 valence electrons. The molecule has 5 nitrogen and oxygen atoms in total. The molecule has 3 aliphatic rings. The third-order valence-corrected chi connectivity index (χ3v) is 3.67. The molecule has 2 N–H and O–H groups in total. The lowest BCUT2D eigenvalue weighted by Gasteiger charge is -2.25. The Hall–Kier alpha value is -2.01. The second kappa shape index (κ2) is 3.99. The Morgan fingerprint density at radius 1 is 1.37 bits per heavy atom. The molecule has 0 aromatic heterocycles. The van der Waals surface area contributed by atoms with Crippen LogP contribution < -0.4 is 20.3 Å². The van der Waals surface area contributed by atoms with Gasteiger partial charge in [0.2, 0.25) is 0 Å². The van der Waals surface area contributed by atoms with Gasteiger partial charge in [-0.05, 0) is 31.0 Å². The van der Waals surface area contributed by atoms with Crippen molar-refractivity contribution in [1.29, 1.82) is 0 Å². The fourth-order valence-electron chi connectivity index (χ4n) is 2.42. The van der Waals surface area contributed by atoms with Gasteiger partial charge < -0.3 is 14.9 Å². The minimum atomic E-state index is -0.120. The van der Waals surface area contributed by atoms with E-state index in [-0.39, 0.29) is 17.9 Å². The molecule has 1 aromatic rings. The highest BCUT2D eigenvalue weighted by atomic mass is 16.5. The van der Waals surface area contributed by atoms with E-state index in [4.69, 9.17) is 9.47 Å². The summed E-state index contributed by atoms with van der Waals surface area (Å²) < 4.78 is 11.1. The molecule has 1 aliphatic carbocycles. The van der Waals surface area contributed by atoms with Crippen molar-refractivity contribution in [2.24, 2.45) is 5.92 Å². The molecule has 0 saturated heterocycles. The maximum atomic E-state index is 11.7. The Morgan fingerprint density at radius 2 is 2.26 bits per heavy atom. The number of fused-ring (bicyclic) bond motifs is 3. The molecule has 0 radical (unpaired) electrons. The number of benzene rings is 1. The minimum absolute atomic E-state index is 0.100. The molecule has 0 bridgehead atoms. The summed E-state index contributed by atoms with van der Waals surface area (Å²) in [5.41, 5.74) is 8.32. The molecular weight excluding hydrogens is 244 g/mol. The van der Waals surface area contributed by atoms with Crippen LogP contribution in [-0.4, -0.2) is 12.6 Å². The van der Waals surface area contributed by atoms with E-state index >= 15 is 0 Å². The van der Waals surface area contributed by atoms with Crippen LogP contribution in [-0.2, 0) is 4.79 Å². The summed E-state index contributed by atoms with van der Waals surface area (Å²) in [7, 11) is 0. The molecule has 5 heteroatoms. The van der Waals surface area contributed by atoms with Gasteiger partial charge in [0, 0.05) is 17.3 Å². The van der Waals surface area contributed by atoms with E-state index in [0.29, 0.717) is 12.4 Å². The summed E-state index contributed by atoms with van der Waals surface area (Å²) in [6.45, 7) is 0.582. The summed E-state index contributed by atoms with van der Waals surface area (Å²) in [6.07, 6.45) is 3.82. The van der Waals surface area contributed by atoms with Crippen LogP contribution in [0.5, 0.6) is 11.5 Å². The van der Waals surface area contributed by atoms with Crippen LogP contribution in [0.25, 0.3) is 0 Å². The van der Waals surface area contributed by atoms with E-state index in [2.05, 4.69) is 10.9 Å². The Balaban J connectivity index is 1.63. The first-order valence-corrected chi connectivity index (χ1v) is 6.50. The molecule has 1 saturated carbocycles. The first-order chi connectivity index (χ1) is 9.31. The van der Waals surface area contributed by atoms with Gasteiger partial charge in [0.15, 0.2) is 0 Å². The fraction of sp³-hybridized carbons (Fsp3) is 0.357. The Morgan fingerprint density at radius 3 is 3.11 bits per heavy atom. The quantitative estimate of drug-likeness (QED) is 0.620. The molecule has 2 heterocycles. The predicted molar refractivity (Wildman–Crippen MR) is 67.4 cm³/mol. The van der Waals surface area contributed by atoms with Crippen molar-refractivity contribution >= 4 is 5.97 Å². The van der Waals surface area contributed by atoms with E-state index in [0.717, 1.165) is 29.7 Å². The molecule has 0 amide bonds. The van der Waals surface area contributed by atoms with E-state index in [1.807, 2.05) is 18.3 Å². The number of carbonyl (C=O) groups excluding carboxylic acids is 1. The van der Waals surface area contributed by atoms with Gasteiger partial charge in [-0.2, -0.15) is 0 Å². The van der Waals surface area contributed by atoms with E-state index in [9.17, 15) is 4.79 Å². The van der Waals surface area contributed by atoms with Crippen LogP contribution in [0, 0.1) is 5.92 Å². The second-order valence-corrected chi connectivity index (χ2v) is 5.12. The van der Waals surface area contributed by atoms with Crippen molar-refractivity contribution < 1.29 is 14.3 Å². The molecule has 1 atom stereocenters. The number of hydrogen-bond donors (Lipinski definition) is 2. The zero-order valence-electron chi connectivity index (χ0n) is 10.3. The zero-order valence-corrected chi connectivity index (χ0v) is 10.3. The molecule has 1 unspecified atom stereocenters. The summed E-state index contributed by atoms with van der Waals surface area (Å²) in [5.74, 6) is 1.41. The third-order valence-electron chi connectivity index (χ3n) is 3.67. The average molecular weight is 258 g/mol. The van der Waals surface area contributed by atoms with Crippen LogP contribution in [0.1, 0.15) is 24.4 Å². The van der Waals surface area contributed by atoms with E-state index < -0.39 is 0 Å². The Kier molecular flexibility index (Phi) is 2.29. The highest BCUT2D eigenvalue weighted by Gasteiger charge is 2.33. The summed E-state index contributed by atoms with van der Waals surface area (Å²) in [4.78, 5) is 11.7. The van der Waals surface area contributed by atoms with E-state index in [1.165, 1.54) is 0 Å². The molecular formula is C14H14N2O3. The van der Waals surface area contributed by atoms with Gasteiger partial charge in [0.25, 0.3) is 0 Å². The second-order valence-electron chi connectivity index (χ2n) is 5.12. The summed E-state index contributed by atoms with van der Waals surface area (Å²) >= 11 is 0. The van der Waals surface area contributed by atoms with Crippen molar-refractivity contribution in [1.82, 2.24) is 10.9 Å². The number of hydrazine groups is 1. The standard InChI is InChI=1S/C14H14N2O3/c17-14(8-1-2-8)19-10-3-4-12-11(5-10)13-9(7-18-12)6-15-16-13/h3-6,8,13,15-16H,1-2,7H2. The van der Waals surface area contributed by atoms with Gasteiger partial charge in [0.1, 0.15) is 18.1 Å². The monoisotopic (exact) mass is 258 g/mol. The number of rotatable bonds is 2. The third kappa shape index (κ3) is 1.86. The maximum Gasteiger partial charge on any atom is 0.314 e. The lowest BCUT2D eigenvalue weighted by atomic mass is 9.98. The smallest absolute Gasteiger partial charge is 0.314 e. The van der Waals surface area contributed by atoms with Crippen molar-refractivity contribution in [3.63, 3.8) is 0 Å². The molecule has 1 fully saturated rings. The number of nitrogens with one attached hydrogen (secondary N) is 2. The van der Waals surface area contributed by atoms with Gasteiger partial charge in [-0.15, -0.1) is 0 Å². The highest BCUT2D eigenvalue weighted by molar-refractivity contribution is 5.77. The van der Waals surface area contributed by atoms with Crippen LogP contribution >= 0.6 is 0 Å². The van der Waals surface area contributed by atoms with Crippen LogP contribution in [0.4, 0.5) is 0 Å². The van der Waals surface area contributed by atoms with Gasteiger partial charge >= 0.3 is 5.97 Å². The van der Waals surface area contributed by atoms with Crippen molar-refractivity contribution in [2.75, 3.05) is 6.61 Å². The highest BCUT2D eigenvalue weighted by Crippen LogP contribution is 2.39. The molecule has 4 rings (SSSR count). The van der Waals surface area contributed by atoms with Crippen LogP contribution in [0.15, 0.2) is 30.0 Å². The summed E-state index contributed by atoms with van der Waals surface area (Å²) in [6, 6.07) is 5.63. The van der Waals surface area contributed by atoms with Crippen LogP contribution in [0.2, 0.25) is 0 Å². The predicted octanol–water partition coefficient (Wildman–Crippen LogP) is 1.43. The first kappa shape index (κ1) is 10.9. The van der Waals surface area contributed by atoms with Gasteiger partial charge in [-0.1, -0.05) is 0 Å². The molecule has 0 spiro atoms. The number of hydrogen-bond acceptors (Lipinski definition) is 5. The molecule has 19 heavy (non-hydrogen) atoms. The zero-order chi connectivity index (χ0) is 12.8. The van der Waals surface area contributed by atoms with Gasteiger partial charge in [-0.25, -0.2) is 5.43 Å². The number of carbonyl (C=O) groups is 1. The largest absolute Gasteiger partial charge is 0.489 e. The molecule has 1 aromatic carbocycles. The van der Waals surface area contributed by atoms with E-state index in [1.54, 1.807) is 6.07 Å². The van der Waals surface area contributed by atoms with Crippen LogP contribution in [0.3, 0.4) is 0 Å². The Bertz CT molecular complexity index is 578. The topological polar surface area (TPSA) is 59.6 Å². The van der Waals surface area contributed by atoms with Gasteiger partial charge in [-0.3, -0.25) is 4.79 Å². The lowest BCUT2D eigenvalue weighted by Crippen LogP contribution is -2.28. The lowest BCUT2D eigenvalue weighted by molar-refractivity contribution is -0.135. The SMILES string of the molecule is O=C(Oc1ccc2c(c1)C1NNC=C1CO2)C1CC1. The maximum absolute atomic E-state index is 11.7. The Labute approximate surface area is 110 Å². The molecule has 2 aliphatic heterocycles. The summed E-state index contributed by atoms with van der Waals surface area (Å²) in [5, 5.41) is 0. The minimum Gasteiger partial charge on any atom is -0.489 e. The fourth-order valence-corrected chi connectivity index (χ4v) is 2.42. The van der Waals surface area contributed by atoms with Crippen molar-refractivity contribution in [3.05, 3.63) is 35.5 Å².